The van der Waals surface area contributed by atoms with Crippen LogP contribution in [-0.4, -0.2) is 73.8 Å². The number of nitrogens with zero attached hydrogens (tertiary/aromatic N) is 4. The second-order valence-corrected chi connectivity index (χ2v) is 5.35. The van der Waals surface area contributed by atoms with E-state index in [1.165, 1.54) is 24.5 Å². The van der Waals surface area contributed by atoms with Crippen molar-refractivity contribution in [3.05, 3.63) is 0 Å². The van der Waals surface area contributed by atoms with E-state index in [9.17, 15) is 0 Å². The molecule has 6 heteroatoms. The van der Waals surface area contributed by atoms with Crippen molar-refractivity contribution in [2.75, 3.05) is 52.4 Å². The molecule has 20 heavy (non-hydrogen) atoms. The van der Waals surface area contributed by atoms with Gasteiger partial charge in [-0.15, -0.1) is 0 Å². The monoisotopic (exact) mass is 280 g/mol. The normalized spacial score (nSPS) is 18.7. The van der Waals surface area contributed by atoms with Crippen LogP contribution in [0.2, 0.25) is 0 Å². The smallest absolute Gasteiger partial charge is 0.0990 e. The standard InChI is InChI=1S/C14H28N6/c15-5-9-19-11-7-17-13(19)3-1-2-4-14-18-8-12-20(14)10-6-16/h1-12,15-16H2. The van der Waals surface area contributed by atoms with Gasteiger partial charge in [0.15, 0.2) is 0 Å². The van der Waals surface area contributed by atoms with E-state index in [4.69, 9.17) is 11.5 Å². The van der Waals surface area contributed by atoms with E-state index in [2.05, 4.69) is 19.8 Å². The molecule has 2 heterocycles. The Morgan fingerprint density at radius 3 is 1.65 bits per heavy atom. The molecule has 4 N–H and O–H groups in total. The van der Waals surface area contributed by atoms with E-state index in [0.29, 0.717) is 13.1 Å². The molecular weight excluding hydrogens is 252 g/mol. The number of hydrogen-bond donors (Lipinski definition) is 2. The van der Waals surface area contributed by atoms with Crippen LogP contribution >= 0.6 is 0 Å². The largest absolute Gasteiger partial charge is 0.357 e. The maximum Gasteiger partial charge on any atom is 0.0990 e. The molecule has 0 amide bonds. The first-order valence-corrected chi connectivity index (χ1v) is 7.82. The molecule has 6 nitrogen and oxygen atoms in total. The van der Waals surface area contributed by atoms with Gasteiger partial charge in [-0.3, -0.25) is 9.98 Å². The summed E-state index contributed by atoms with van der Waals surface area (Å²) in [6.45, 7) is 7.27. The zero-order valence-electron chi connectivity index (χ0n) is 12.4. The Bertz CT molecular complexity index is 318. The Balaban J connectivity index is 1.64. The van der Waals surface area contributed by atoms with Crippen molar-refractivity contribution in [2.24, 2.45) is 21.5 Å². The molecule has 114 valence electrons. The number of unbranched alkanes of at least 4 members (excludes halogenated alkanes) is 1. The Labute approximate surface area is 121 Å². The van der Waals surface area contributed by atoms with Crippen LogP contribution in [0.25, 0.3) is 0 Å². The van der Waals surface area contributed by atoms with Gasteiger partial charge >= 0.3 is 0 Å². The highest BCUT2D eigenvalue weighted by Gasteiger charge is 2.17. The van der Waals surface area contributed by atoms with Crippen LogP contribution in [0.5, 0.6) is 0 Å². The molecule has 0 saturated heterocycles. The van der Waals surface area contributed by atoms with Crippen molar-refractivity contribution in [3.8, 4) is 0 Å². The van der Waals surface area contributed by atoms with Crippen molar-refractivity contribution in [1.29, 1.82) is 0 Å². The van der Waals surface area contributed by atoms with Gasteiger partial charge in [-0.1, -0.05) is 0 Å². The lowest BCUT2D eigenvalue weighted by Gasteiger charge is -2.20. The highest BCUT2D eigenvalue weighted by atomic mass is 15.2. The first-order valence-electron chi connectivity index (χ1n) is 7.82. The second kappa shape index (κ2) is 8.21. The van der Waals surface area contributed by atoms with Crippen LogP contribution in [0.4, 0.5) is 0 Å². The molecule has 0 fully saturated rings. The molecule has 0 aliphatic carbocycles. The highest BCUT2D eigenvalue weighted by molar-refractivity contribution is 5.84. The van der Waals surface area contributed by atoms with Gasteiger partial charge in [0.2, 0.25) is 0 Å². The molecule has 0 spiro atoms. The first-order chi connectivity index (χ1) is 9.85. The molecule has 0 aromatic carbocycles. The Morgan fingerprint density at radius 2 is 1.25 bits per heavy atom. The third kappa shape index (κ3) is 4.18. The fourth-order valence-electron chi connectivity index (χ4n) is 2.89. The van der Waals surface area contributed by atoms with Crippen molar-refractivity contribution < 1.29 is 0 Å². The quantitative estimate of drug-likeness (QED) is 0.577. The molecule has 0 aromatic heterocycles. The van der Waals surface area contributed by atoms with Gasteiger partial charge in [0.25, 0.3) is 0 Å². The summed E-state index contributed by atoms with van der Waals surface area (Å²) < 4.78 is 0. The summed E-state index contributed by atoms with van der Waals surface area (Å²) in [5, 5.41) is 0. The molecular formula is C14H28N6. The second-order valence-electron chi connectivity index (χ2n) is 5.35. The fraction of sp³-hybridized carbons (Fsp3) is 0.857. The Morgan fingerprint density at radius 1 is 0.800 bits per heavy atom. The lowest BCUT2D eigenvalue weighted by atomic mass is 10.1. The minimum atomic E-state index is 0.712. The van der Waals surface area contributed by atoms with Crippen molar-refractivity contribution in [1.82, 2.24) is 9.80 Å². The molecule has 0 unspecified atom stereocenters. The number of amidine groups is 2. The van der Waals surface area contributed by atoms with E-state index >= 15 is 0 Å². The van der Waals surface area contributed by atoms with Gasteiger partial charge in [0.05, 0.1) is 24.8 Å². The minimum Gasteiger partial charge on any atom is -0.357 e. The van der Waals surface area contributed by atoms with Crippen LogP contribution in [0.15, 0.2) is 9.98 Å². The van der Waals surface area contributed by atoms with Gasteiger partial charge in [0.1, 0.15) is 0 Å². The van der Waals surface area contributed by atoms with E-state index in [1.54, 1.807) is 0 Å². The predicted octanol–water partition coefficient (Wildman–Crippen LogP) is -0.108. The van der Waals surface area contributed by atoms with Gasteiger partial charge in [0, 0.05) is 52.1 Å². The average Bonchev–Trinajstić information content (AvgIpc) is 3.06. The van der Waals surface area contributed by atoms with Gasteiger partial charge in [-0.05, 0) is 12.8 Å². The summed E-state index contributed by atoms with van der Waals surface area (Å²) in [5.41, 5.74) is 11.2. The number of hydrogen-bond acceptors (Lipinski definition) is 6. The highest BCUT2D eigenvalue weighted by Crippen LogP contribution is 2.12. The molecule has 2 rings (SSSR count). The fourth-order valence-corrected chi connectivity index (χ4v) is 2.89. The van der Waals surface area contributed by atoms with Crippen molar-refractivity contribution >= 4 is 11.7 Å². The van der Waals surface area contributed by atoms with Gasteiger partial charge in [-0.25, -0.2) is 0 Å². The number of rotatable bonds is 9. The summed E-state index contributed by atoms with van der Waals surface area (Å²) in [6.07, 6.45) is 4.50. The SMILES string of the molecule is NCCN1CCN=C1CCCCC1=NCCN1CCN. The molecule has 0 atom stereocenters. The van der Waals surface area contributed by atoms with Gasteiger partial charge in [-0.2, -0.15) is 0 Å². The van der Waals surface area contributed by atoms with Crippen LogP contribution < -0.4 is 11.5 Å². The van der Waals surface area contributed by atoms with Crippen LogP contribution in [0, 0.1) is 0 Å². The summed E-state index contributed by atoms with van der Waals surface area (Å²) in [6, 6.07) is 0. The van der Waals surface area contributed by atoms with Gasteiger partial charge < -0.3 is 21.3 Å². The third-order valence-electron chi connectivity index (χ3n) is 3.91. The molecule has 0 radical (unpaired) electrons. The Hall–Kier alpha value is -1.14. The summed E-state index contributed by atoms with van der Waals surface area (Å²) in [7, 11) is 0. The zero-order valence-corrected chi connectivity index (χ0v) is 12.4. The van der Waals surface area contributed by atoms with Crippen LogP contribution in [0.1, 0.15) is 25.7 Å². The predicted molar refractivity (Wildman–Crippen MR) is 84.3 cm³/mol. The van der Waals surface area contributed by atoms with Crippen molar-refractivity contribution in [3.63, 3.8) is 0 Å². The van der Waals surface area contributed by atoms with E-state index in [0.717, 1.165) is 52.1 Å². The first kappa shape index (κ1) is 15.3. The topological polar surface area (TPSA) is 83.2 Å². The van der Waals surface area contributed by atoms with Crippen molar-refractivity contribution in [2.45, 2.75) is 25.7 Å². The number of nitrogens with two attached hydrogens (primary N) is 2. The summed E-state index contributed by atoms with van der Waals surface area (Å²) in [4.78, 5) is 13.8. The Kier molecular flexibility index (Phi) is 6.26. The maximum absolute atomic E-state index is 5.62. The lowest BCUT2D eigenvalue weighted by molar-refractivity contribution is 0.452. The molecule has 2 aliphatic heterocycles. The molecule has 0 aromatic rings. The van der Waals surface area contributed by atoms with E-state index in [1.807, 2.05) is 0 Å². The molecule has 0 saturated carbocycles. The summed E-state index contributed by atoms with van der Waals surface area (Å²) >= 11 is 0. The third-order valence-corrected chi connectivity index (χ3v) is 3.91. The minimum absolute atomic E-state index is 0.712. The maximum atomic E-state index is 5.62. The number of aliphatic imine (C=N–C) groups is 2. The van der Waals surface area contributed by atoms with E-state index < -0.39 is 0 Å². The molecule has 0 bridgehead atoms. The average molecular weight is 280 g/mol. The van der Waals surface area contributed by atoms with E-state index in [-0.39, 0.29) is 0 Å². The van der Waals surface area contributed by atoms with Crippen LogP contribution in [-0.2, 0) is 0 Å². The summed E-state index contributed by atoms with van der Waals surface area (Å²) in [5.74, 6) is 2.50. The lowest BCUT2D eigenvalue weighted by Crippen LogP contribution is -2.33. The molecule has 2 aliphatic rings. The zero-order chi connectivity index (χ0) is 14.2. The van der Waals surface area contributed by atoms with Crippen LogP contribution in [0.3, 0.4) is 0 Å².